The normalized spacial score (nSPS) is 15.7. The number of carbonyl (C=O) groups excluding carboxylic acids is 2. The lowest BCUT2D eigenvalue weighted by molar-refractivity contribution is -0.396. The minimum Gasteiger partial charge on any atom is -0.441 e. The summed E-state index contributed by atoms with van der Waals surface area (Å²) in [5, 5.41) is 24.4. The number of imide groups is 1. The molecule has 1 aromatic rings. The summed E-state index contributed by atoms with van der Waals surface area (Å²) in [6, 6.07) is 3.36. The van der Waals surface area contributed by atoms with Crippen molar-refractivity contribution >= 4 is 23.4 Å². The minimum atomic E-state index is -1.28. The van der Waals surface area contributed by atoms with Crippen molar-refractivity contribution in [3.05, 3.63) is 44.0 Å². The zero-order valence-electron chi connectivity index (χ0n) is 14.2. The molecule has 1 atom stereocenters. The first-order chi connectivity index (χ1) is 12.3. The molecule has 1 aliphatic carbocycles. The number of hydrogen-bond donors (Lipinski definition) is 1. The second-order valence-corrected chi connectivity index (χ2v) is 6.10. The molecule has 140 valence electrons. The smallest absolute Gasteiger partial charge is 0.414 e. The van der Waals surface area contributed by atoms with E-state index in [9.17, 15) is 29.8 Å². The zero-order valence-corrected chi connectivity index (χ0v) is 14.2. The minimum absolute atomic E-state index is 0.271. The molecule has 1 unspecified atom stereocenters. The van der Waals surface area contributed by atoms with Crippen molar-refractivity contribution in [3.8, 4) is 0 Å². The molecule has 0 aromatic heterocycles. The van der Waals surface area contributed by atoms with Crippen molar-refractivity contribution in [1.29, 1.82) is 0 Å². The molecule has 0 spiro atoms. The second-order valence-electron chi connectivity index (χ2n) is 6.10. The van der Waals surface area contributed by atoms with Crippen molar-refractivity contribution in [3.63, 3.8) is 0 Å². The average molecular weight is 365 g/mol. The third kappa shape index (κ3) is 4.52. The van der Waals surface area contributed by atoms with Crippen LogP contribution in [0.2, 0.25) is 0 Å². The van der Waals surface area contributed by atoms with Gasteiger partial charge in [-0.2, -0.15) is 0 Å². The van der Waals surface area contributed by atoms with Gasteiger partial charge in [-0.25, -0.2) is 4.79 Å². The molecule has 10 heteroatoms. The molecular formula is C16H19N3O7. The number of rotatable bonds is 5. The predicted octanol–water partition coefficient (Wildman–Crippen LogP) is 3.40. The Bertz CT molecular complexity index is 696. The second kappa shape index (κ2) is 8.37. The Hall–Kier alpha value is -3.04. The molecule has 0 heterocycles. The zero-order chi connectivity index (χ0) is 19.3. The summed E-state index contributed by atoms with van der Waals surface area (Å²) in [5.74, 6) is -0.731. The van der Waals surface area contributed by atoms with Crippen LogP contribution in [0.3, 0.4) is 0 Å². The van der Waals surface area contributed by atoms with Gasteiger partial charge in [0.25, 0.3) is 11.4 Å². The standard InChI is InChI=1S/C16H19N3O7/c1-10(14-12(18(22)23)8-5-9-13(14)19(24)25)26-16(21)17-15(20)11-6-3-2-4-7-11/h5,8-11H,2-4,6-7H2,1H3,(H,17,20,21). The third-order valence-electron chi connectivity index (χ3n) is 4.35. The molecule has 1 fully saturated rings. The van der Waals surface area contributed by atoms with Crippen LogP contribution in [0.1, 0.15) is 50.7 Å². The lowest BCUT2D eigenvalue weighted by Gasteiger charge is -2.20. The van der Waals surface area contributed by atoms with Crippen LogP contribution in [0.25, 0.3) is 0 Å². The highest BCUT2D eigenvalue weighted by Crippen LogP contribution is 2.35. The first-order valence-electron chi connectivity index (χ1n) is 8.24. The van der Waals surface area contributed by atoms with Gasteiger partial charge in [-0.1, -0.05) is 19.3 Å². The van der Waals surface area contributed by atoms with E-state index in [0.29, 0.717) is 12.8 Å². The van der Waals surface area contributed by atoms with Crippen molar-refractivity contribution in [2.45, 2.75) is 45.1 Å². The summed E-state index contributed by atoms with van der Waals surface area (Å²) in [6.07, 6.45) is 1.87. The van der Waals surface area contributed by atoms with Gasteiger partial charge in [0.1, 0.15) is 11.7 Å². The van der Waals surface area contributed by atoms with Gasteiger partial charge in [0.05, 0.1) is 9.85 Å². The quantitative estimate of drug-likeness (QED) is 0.622. The summed E-state index contributed by atoms with van der Waals surface area (Å²) >= 11 is 0. The Morgan fingerprint density at radius 3 is 2.15 bits per heavy atom. The molecule has 2 amide bonds. The first-order valence-corrected chi connectivity index (χ1v) is 8.24. The highest BCUT2D eigenvalue weighted by molar-refractivity contribution is 5.93. The highest BCUT2D eigenvalue weighted by atomic mass is 16.6. The molecule has 1 saturated carbocycles. The molecule has 1 aromatic carbocycles. The Balaban J connectivity index is 2.12. The molecular weight excluding hydrogens is 346 g/mol. The maximum atomic E-state index is 12.0. The van der Waals surface area contributed by atoms with Gasteiger partial charge in [-0.05, 0) is 25.8 Å². The molecule has 2 rings (SSSR count). The van der Waals surface area contributed by atoms with E-state index in [1.807, 2.05) is 0 Å². The third-order valence-corrected chi connectivity index (χ3v) is 4.35. The van der Waals surface area contributed by atoms with E-state index in [0.717, 1.165) is 31.4 Å². The average Bonchev–Trinajstić information content (AvgIpc) is 2.61. The summed E-state index contributed by atoms with van der Waals surface area (Å²) in [7, 11) is 0. The SMILES string of the molecule is CC(OC(=O)NC(=O)C1CCCCC1)c1c([N+](=O)[O-])cccc1[N+](=O)[O-]. The van der Waals surface area contributed by atoms with E-state index in [1.54, 1.807) is 0 Å². The predicted molar refractivity (Wildman–Crippen MR) is 89.4 cm³/mol. The van der Waals surface area contributed by atoms with E-state index < -0.39 is 39.3 Å². The van der Waals surface area contributed by atoms with E-state index in [1.165, 1.54) is 13.0 Å². The molecule has 0 aliphatic heterocycles. The monoisotopic (exact) mass is 365 g/mol. The maximum Gasteiger partial charge on any atom is 0.414 e. The summed E-state index contributed by atoms with van der Waals surface area (Å²) in [6.45, 7) is 1.28. The van der Waals surface area contributed by atoms with Crippen LogP contribution in [0.5, 0.6) is 0 Å². The molecule has 0 radical (unpaired) electrons. The maximum absolute atomic E-state index is 12.0. The van der Waals surface area contributed by atoms with Crippen molar-refractivity contribution in [2.24, 2.45) is 5.92 Å². The molecule has 0 bridgehead atoms. The number of carbonyl (C=O) groups is 2. The molecule has 10 nitrogen and oxygen atoms in total. The largest absolute Gasteiger partial charge is 0.441 e. The summed E-state index contributed by atoms with van der Waals surface area (Å²) in [5.41, 5.74) is -1.39. The molecule has 26 heavy (non-hydrogen) atoms. The van der Waals surface area contributed by atoms with Gasteiger partial charge >= 0.3 is 6.09 Å². The molecule has 1 N–H and O–H groups in total. The lowest BCUT2D eigenvalue weighted by atomic mass is 9.89. The lowest BCUT2D eigenvalue weighted by Crippen LogP contribution is -2.37. The molecule has 0 saturated heterocycles. The van der Waals surface area contributed by atoms with Crippen LogP contribution in [0, 0.1) is 26.1 Å². The van der Waals surface area contributed by atoms with Gasteiger partial charge in [-0.15, -0.1) is 0 Å². The number of hydrogen-bond acceptors (Lipinski definition) is 7. The van der Waals surface area contributed by atoms with E-state index in [4.69, 9.17) is 4.74 Å². The number of nitrogens with one attached hydrogen (secondary N) is 1. The van der Waals surface area contributed by atoms with Gasteiger partial charge in [0.15, 0.2) is 0 Å². The summed E-state index contributed by atoms with van der Waals surface area (Å²) in [4.78, 5) is 44.7. The fourth-order valence-electron chi connectivity index (χ4n) is 3.09. The highest BCUT2D eigenvalue weighted by Gasteiger charge is 2.32. The van der Waals surface area contributed by atoms with Gasteiger partial charge in [0, 0.05) is 18.1 Å². The van der Waals surface area contributed by atoms with Crippen LogP contribution < -0.4 is 5.32 Å². The number of alkyl carbamates (subject to hydrolysis) is 1. The number of nitro benzene ring substituents is 2. The van der Waals surface area contributed by atoms with Crippen LogP contribution in [-0.4, -0.2) is 21.8 Å². The molecule has 1 aliphatic rings. The number of nitro groups is 2. The fourth-order valence-corrected chi connectivity index (χ4v) is 3.09. The number of amides is 2. The van der Waals surface area contributed by atoms with Gasteiger partial charge < -0.3 is 4.74 Å². The Morgan fingerprint density at radius 2 is 1.65 bits per heavy atom. The van der Waals surface area contributed by atoms with E-state index in [2.05, 4.69) is 5.32 Å². The van der Waals surface area contributed by atoms with Crippen molar-refractivity contribution in [2.75, 3.05) is 0 Å². The van der Waals surface area contributed by atoms with Crippen LogP contribution >= 0.6 is 0 Å². The van der Waals surface area contributed by atoms with E-state index >= 15 is 0 Å². The van der Waals surface area contributed by atoms with Crippen LogP contribution in [0.4, 0.5) is 16.2 Å². The Morgan fingerprint density at radius 1 is 1.12 bits per heavy atom. The van der Waals surface area contributed by atoms with Crippen molar-refractivity contribution < 1.29 is 24.2 Å². The van der Waals surface area contributed by atoms with Crippen LogP contribution in [0.15, 0.2) is 18.2 Å². The fraction of sp³-hybridized carbons (Fsp3) is 0.500. The Labute approximate surface area is 148 Å². The number of benzene rings is 1. The van der Waals surface area contributed by atoms with E-state index in [-0.39, 0.29) is 11.5 Å². The summed E-state index contributed by atoms with van der Waals surface area (Å²) < 4.78 is 5.00. The number of ether oxygens (including phenoxy) is 1. The van der Waals surface area contributed by atoms with Gasteiger partial charge in [0.2, 0.25) is 5.91 Å². The Kier molecular flexibility index (Phi) is 6.21. The topological polar surface area (TPSA) is 142 Å². The number of nitrogens with zero attached hydrogens (tertiary/aromatic N) is 2. The van der Waals surface area contributed by atoms with Gasteiger partial charge in [-0.3, -0.25) is 30.3 Å². The van der Waals surface area contributed by atoms with Crippen LogP contribution in [-0.2, 0) is 9.53 Å². The van der Waals surface area contributed by atoms with Crippen molar-refractivity contribution in [1.82, 2.24) is 5.32 Å². The first kappa shape index (κ1) is 19.3.